The van der Waals surface area contributed by atoms with Crippen molar-refractivity contribution in [1.29, 1.82) is 0 Å². The summed E-state index contributed by atoms with van der Waals surface area (Å²) in [6, 6.07) is 17.6. The maximum absolute atomic E-state index is 12.2. The van der Waals surface area contributed by atoms with Gasteiger partial charge in [-0.25, -0.2) is 4.79 Å². The van der Waals surface area contributed by atoms with Crippen LogP contribution in [0.5, 0.6) is 0 Å². The molecule has 0 spiro atoms. The maximum atomic E-state index is 12.2. The van der Waals surface area contributed by atoms with E-state index in [-0.39, 0.29) is 12.1 Å². The molecular weight excluding hydrogens is 288 g/mol. The number of hydrogen-bond donors (Lipinski definition) is 2. The van der Waals surface area contributed by atoms with Crippen molar-refractivity contribution in [2.24, 2.45) is 0 Å². The van der Waals surface area contributed by atoms with E-state index in [4.69, 9.17) is 4.42 Å². The molecule has 2 aromatic carbocycles. The second-order valence-electron chi connectivity index (χ2n) is 5.64. The lowest BCUT2D eigenvalue weighted by Gasteiger charge is -2.15. The molecule has 3 aromatic rings. The van der Waals surface area contributed by atoms with Gasteiger partial charge in [-0.1, -0.05) is 36.4 Å². The predicted octanol–water partition coefficient (Wildman–Crippen LogP) is 4.58. The summed E-state index contributed by atoms with van der Waals surface area (Å²) in [4.78, 5) is 12.2. The number of carbonyl (C=O) groups is 1. The predicted molar refractivity (Wildman–Crippen MR) is 92.6 cm³/mol. The first-order valence-corrected chi connectivity index (χ1v) is 7.80. The maximum Gasteiger partial charge on any atom is 0.319 e. The number of furan rings is 1. The number of amides is 2. The van der Waals surface area contributed by atoms with Crippen LogP contribution >= 0.6 is 0 Å². The molecule has 0 radical (unpaired) electrons. The van der Waals surface area contributed by atoms with E-state index in [9.17, 15) is 4.79 Å². The Bertz CT molecular complexity index is 776. The van der Waals surface area contributed by atoms with E-state index in [2.05, 4.69) is 10.6 Å². The summed E-state index contributed by atoms with van der Waals surface area (Å²) in [7, 11) is 0. The first-order chi connectivity index (χ1) is 11.2. The highest BCUT2D eigenvalue weighted by Gasteiger charge is 2.09. The van der Waals surface area contributed by atoms with E-state index in [1.807, 2.05) is 61.5 Å². The number of urea groups is 1. The zero-order chi connectivity index (χ0) is 16.1. The fourth-order valence-corrected chi connectivity index (χ4v) is 2.60. The van der Waals surface area contributed by atoms with Crippen LogP contribution in [0.15, 0.2) is 65.3 Å². The van der Waals surface area contributed by atoms with Gasteiger partial charge in [0.25, 0.3) is 0 Å². The van der Waals surface area contributed by atoms with E-state index in [1.54, 1.807) is 6.26 Å². The topological polar surface area (TPSA) is 54.3 Å². The van der Waals surface area contributed by atoms with Gasteiger partial charge >= 0.3 is 6.03 Å². The molecule has 0 saturated heterocycles. The van der Waals surface area contributed by atoms with Crippen LogP contribution < -0.4 is 10.6 Å². The zero-order valence-corrected chi connectivity index (χ0v) is 13.1. The Hall–Kier alpha value is -2.75. The van der Waals surface area contributed by atoms with Crippen LogP contribution in [0.25, 0.3) is 10.8 Å². The fraction of sp³-hybridized carbons (Fsp3) is 0.211. The van der Waals surface area contributed by atoms with Crippen molar-refractivity contribution in [2.75, 3.05) is 5.32 Å². The molecule has 0 fully saturated rings. The van der Waals surface area contributed by atoms with E-state index in [0.717, 1.165) is 35.1 Å². The van der Waals surface area contributed by atoms with E-state index < -0.39 is 0 Å². The van der Waals surface area contributed by atoms with Crippen molar-refractivity contribution >= 4 is 22.5 Å². The van der Waals surface area contributed by atoms with Gasteiger partial charge < -0.3 is 15.1 Å². The average Bonchev–Trinajstić information content (AvgIpc) is 3.07. The molecule has 1 atom stereocenters. The Morgan fingerprint density at radius 3 is 2.74 bits per heavy atom. The number of fused-ring (bicyclic) bond motifs is 1. The molecule has 0 aliphatic rings. The van der Waals surface area contributed by atoms with Crippen molar-refractivity contribution < 1.29 is 9.21 Å². The molecule has 0 bridgehead atoms. The minimum absolute atomic E-state index is 0.0649. The van der Waals surface area contributed by atoms with Gasteiger partial charge in [0.2, 0.25) is 0 Å². The van der Waals surface area contributed by atoms with Crippen LogP contribution in [0.2, 0.25) is 0 Å². The Labute approximate surface area is 135 Å². The number of aryl methyl sites for hydroxylation is 1. The first-order valence-electron chi connectivity index (χ1n) is 7.80. The lowest BCUT2D eigenvalue weighted by Crippen LogP contribution is -2.36. The molecule has 0 aliphatic carbocycles. The molecule has 3 rings (SSSR count). The van der Waals surface area contributed by atoms with Gasteiger partial charge in [0.1, 0.15) is 5.76 Å². The highest BCUT2D eigenvalue weighted by atomic mass is 16.3. The van der Waals surface area contributed by atoms with Crippen LogP contribution in [0.4, 0.5) is 10.5 Å². The van der Waals surface area contributed by atoms with E-state index in [0.29, 0.717) is 0 Å². The van der Waals surface area contributed by atoms with Gasteiger partial charge in [0.05, 0.1) is 12.0 Å². The van der Waals surface area contributed by atoms with Gasteiger partial charge in [-0.05, 0) is 36.9 Å². The minimum atomic E-state index is -0.187. The van der Waals surface area contributed by atoms with Crippen LogP contribution in [-0.4, -0.2) is 12.1 Å². The van der Waals surface area contributed by atoms with Crippen LogP contribution in [0.1, 0.15) is 19.1 Å². The van der Waals surface area contributed by atoms with E-state index >= 15 is 0 Å². The molecule has 2 N–H and O–H groups in total. The summed E-state index contributed by atoms with van der Waals surface area (Å²) >= 11 is 0. The number of carbonyl (C=O) groups excluding carboxylic acids is 1. The smallest absolute Gasteiger partial charge is 0.319 e. The zero-order valence-electron chi connectivity index (χ0n) is 13.1. The molecule has 2 amide bonds. The number of anilines is 1. The second kappa shape index (κ2) is 7.01. The molecule has 118 valence electrons. The number of hydrogen-bond acceptors (Lipinski definition) is 2. The lowest BCUT2D eigenvalue weighted by atomic mass is 10.1. The molecule has 1 heterocycles. The Balaban J connectivity index is 1.58. The van der Waals surface area contributed by atoms with Crippen molar-refractivity contribution in [1.82, 2.24) is 5.32 Å². The van der Waals surface area contributed by atoms with Gasteiger partial charge in [-0.2, -0.15) is 0 Å². The monoisotopic (exact) mass is 308 g/mol. The number of rotatable bonds is 5. The summed E-state index contributed by atoms with van der Waals surface area (Å²) in [5.41, 5.74) is 0.818. The standard InChI is InChI=1S/C19H20N2O2/c1-14(11-12-16-8-5-13-23-16)20-19(22)21-18-10-4-7-15-6-2-3-9-17(15)18/h2-10,13-14H,11-12H2,1H3,(H2,20,21,22)/t14-/m0/s1. The van der Waals surface area contributed by atoms with Gasteiger partial charge in [-0.3, -0.25) is 0 Å². The fourth-order valence-electron chi connectivity index (χ4n) is 2.60. The second-order valence-corrected chi connectivity index (χ2v) is 5.64. The Kier molecular flexibility index (Phi) is 4.62. The van der Waals surface area contributed by atoms with Crippen molar-refractivity contribution in [3.8, 4) is 0 Å². The van der Waals surface area contributed by atoms with Crippen LogP contribution in [-0.2, 0) is 6.42 Å². The van der Waals surface area contributed by atoms with Gasteiger partial charge in [0, 0.05) is 17.8 Å². The summed E-state index contributed by atoms with van der Waals surface area (Å²) < 4.78 is 5.30. The average molecular weight is 308 g/mol. The molecule has 0 unspecified atom stereocenters. The molecule has 0 aliphatic heterocycles. The Morgan fingerprint density at radius 1 is 1.09 bits per heavy atom. The summed E-state index contributed by atoms with van der Waals surface area (Å²) in [6.45, 7) is 1.99. The molecular formula is C19H20N2O2. The van der Waals surface area contributed by atoms with Gasteiger partial charge in [0.15, 0.2) is 0 Å². The van der Waals surface area contributed by atoms with Crippen molar-refractivity contribution in [2.45, 2.75) is 25.8 Å². The van der Waals surface area contributed by atoms with Crippen LogP contribution in [0, 0.1) is 0 Å². The third-order valence-electron chi connectivity index (χ3n) is 3.82. The molecule has 0 saturated carbocycles. The third-order valence-corrected chi connectivity index (χ3v) is 3.82. The minimum Gasteiger partial charge on any atom is -0.469 e. The van der Waals surface area contributed by atoms with Crippen molar-refractivity contribution in [3.05, 3.63) is 66.6 Å². The highest BCUT2D eigenvalue weighted by Crippen LogP contribution is 2.22. The molecule has 23 heavy (non-hydrogen) atoms. The number of nitrogens with one attached hydrogen (secondary N) is 2. The highest BCUT2D eigenvalue weighted by molar-refractivity contribution is 6.01. The van der Waals surface area contributed by atoms with Gasteiger partial charge in [-0.15, -0.1) is 0 Å². The summed E-state index contributed by atoms with van der Waals surface area (Å²) in [5.74, 6) is 0.938. The summed E-state index contributed by atoms with van der Waals surface area (Å²) in [6.07, 6.45) is 3.31. The first kappa shape index (κ1) is 15.2. The quantitative estimate of drug-likeness (QED) is 0.725. The van der Waals surface area contributed by atoms with Crippen LogP contribution in [0.3, 0.4) is 0 Å². The molecule has 1 aromatic heterocycles. The Morgan fingerprint density at radius 2 is 1.91 bits per heavy atom. The van der Waals surface area contributed by atoms with E-state index in [1.165, 1.54) is 0 Å². The third kappa shape index (κ3) is 3.92. The van der Waals surface area contributed by atoms with Crippen molar-refractivity contribution in [3.63, 3.8) is 0 Å². The normalized spacial score (nSPS) is 12.0. The summed E-state index contributed by atoms with van der Waals surface area (Å²) in [5, 5.41) is 8.04. The molecule has 4 nitrogen and oxygen atoms in total. The molecule has 4 heteroatoms. The largest absolute Gasteiger partial charge is 0.469 e. The number of benzene rings is 2. The lowest BCUT2D eigenvalue weighted by molar-refractivity contribution is 0.248. The SMILES string of the molecule is C[C@@H](CCc1ccco1)NC(=O)Nc1cccc2ccccc12.